The minimum atomic E-state index is 0.602. The number of rotatable bonds is 4. The molecule has 5 heteroatoms. The van der Waals surface area contributed by atoms with Crippen molar-refractivity contribution in [3.05, 3.63) is 146 Å². The van der Waals surface area contributed by atoms with Gasteiger partial charge in [-0.15, -0.1) is 11.3 Å². The number of aromatic nitrogens is 4. The molecule has 9 rings (SSSR count). The summed E-state index contributed by atoms with van der Waals surface area (Å²) in [6, 6.07) is 50.7. The van der Waals surface area contributed by atoms with Crippen molar-refractivity contribution in [1.29, 1.82) is 0 Å². The van der Waals surface area contributed by atoms with Gasteiger partial charge in [0.1, 0.15) is 0 Å². The number of hydrogen-bond acceptors (Lipinski definition) is 4. The number of para-hydroxylation sites is 1. The van der Waals surface area contributed by atoms with Gasteiger partial charge in [-0.1, -0.05) is 127 Å². The third-order valence-electron chi connectivity index (χ3n) is 8.25. The van der Waals surface area contributed by atoms with Crippen LogP contribution in [0.3, 0.4) is 0 Å². The predicted molar refractivity (Wildman–Crippen MR) is 183 cm³/mol. The second kappa shape index (κ2) is 9.97. The Morgan fingerprint density at radius 3 is 1.66 bits per heavy atom. The zero-order valence-corrected chi connectivity index (χ0v) is 24.4. The summed E-state index contributed by atoms with van der Waals surface area (Å²) in [6.07, 6.45) is 0. The molecule has 0 saturated heterocycles. The van der Waals surface area contributed by atoms with Gasteiger partial charge in [0.05, 0.1) is 11.0 Å². The molecule has 0 fully saturated rings. The minimum Gasteiger partial charge on any atom is -0.277 e. The Hall–Kier alpha value is -5.65. The lowest BCUT2D eigenvalue weighted by atomic mass is 9.97. The summed E-state index contributed by atoms with van der Waals surface area (Å²) in [5.41, 5.74) is 6.46. The van der Waals surface area contributed by atoms with Crippen molar-refractivity contribution in [2.24, 2.45) is 0 Å². The third kappa shape index (κ3) is 3.87. The molecule has 0 unspecified atom stereocenters. The highest BCUT2D eigenvalue weighted by atomic mass is 32.1. The van der Waals surface area contributed by atoms with Crippen LogP contribution >= 0.6 is 11.3 Å². The number of thiophene rings is 1. The molecule has 44 heavy (non-hydrogen) atoms. The summed E-state index contributed by atoms with van der Waals surface area (Å²) in [7, 11) is 0. The fourth-order valence-electron chi connectivity index (χ4n) is 6.31. The highest BCUT2D eigenvalue weighted by molar-refractivity contribution is 7.26. The predicted octanol–water partition coefficient (Wildman–Crippen LogP) is 10.3. The second-order valence-corrected chi connectivity index (χ2v) is 11.9. The molecule has 0 aliphatic heterocycles. The van der Waals surface area contributed by atoms with E-state index in [1.54, 1.807) is 0 Å². The molecular weight excluding hydrogens is 557 g/mol. The van der Waals surface area contributed by atoms with Gasteiger partial charge < -0.3 is 0 Å². The van der Waals surface area contributed by atoms with Gasteiger partial charge in [-0.3, -0.25) is 4.57 Å². The number of nitrogens with zero attached hydrogens (tertiary/aromatic N) is 4. The van der Waals surface area contributed by atoms with E-state index in [1.807, 2.05) is 47.7 Å². The van der Waals surface area contributed by atoms with E-state index in [9.17, 15) is 0 Å². The van der Waals surface area contributed by atoms with Crippen LogP contribution in [-0.4, -0.2) is 19.5 Å². The van der Waals surface area contributed by atoms with Crippen molar-refractivity contribution in [3.8, 4) is 39.9 Å². The molecule has 3 aromatic heterocycles. The van der Waals surface area contributed by atoms with Crippen LogP contribution in [0.5, 0.6) is 0 Å². The van der Waals surface area contributed by atoms with E-state index in [1.165, 1.54) is 42.1 Å². The summed E-state index contributed by atoms with van der Waals surface area (Å²) >= 11 is 1.83. The van der Waals surface area contributed by atoms with Crippen LogP contribution in [-0.2, 0) is 0 Å². The number of fused-ring (bicyclic) bond motifs is 7. The molecular formula is C39H24N4S. The van der Waals surface area contributed by atoms with Crippen LogP contribution in [0, 0.1) is 0 Å². The molecule has 0 amide bonds. The number of hydrogen-bond donors (Lipinski definition) is 0. The monoisotopic (exact) mass is 580 g/mol. The maximum absolute atomic E-state index is 5.19. The van der Waals surface area contributed by atoms with Gasteiger partial charge in [-0.25, -0.2) is 4.98 Å². The Labute approximate surface area is 257 Å². The molecule has 6 aromatic carbocycles. The zero-order chi connectivity index (χ0) is 29.0. The summed E-state index contributed by atoms with van der Waals surface area (Å²) < 4.78 is 4.76. The molecule has 206 valence electrons. The molecule has 0 N–H and O–H groups in total. The van der Waals surface area contributed by atoms with Crippen molar-refractivity contribution in [1.82, 2.24) is 19.5 Å². The van der Waals surface area contributed by atoms with Crippen molar-refractivity contribution < 1.29 is 0 Å². The maximum Gasteiger partial charge on any atom is 0.238 e. The molecule has 0 saturated carbocycles. The van der Waals surface area contributed by atoms with Gasteiger partial charge in [-0.2, -0.15) is 9.97 Å². The lowest BCUT2D eigenvalue weighted by Crippen LogP contribution is -2.06. The molecule has 0 atom stereocenters. The topological polar surface area (TPSA) is 43.6 Å². The maximum atomic E-state index is 5.19. The van der Waals surface area contributed by atoms with Crippen molar-refractivity contribution in [2.75, 3.05) is 0 Å². The second-order valence-electron chi connectivity index (χ2n) is 10.9. The zero-order valence-electron chi connectivity index (χ0n) is 23.6. The first-order valence-electron chi connectivity index (χ1n) is 14.6. The van der Waals surface area contributed by atoms with E-state index in [4.69, 9.17) is 15.0 Å². The van der Waals surface area contributed by atoms with Crippen molar-refractivity contribution in [2.45, 2.75) is 0 Å². The minimum absolute atomic E-state index is 0.602. The van der Waals surface area contributed by atoms with Crippen molar-refractivity contribution in [3.63, 3.8) is 0 Å². The molecule has 9 aromatic rings. The molecule has 0 aliphatic rings. The Balaban J connectivity index is 1.49. The van der Waals surface area contributed by atoms with Gasteiger partial charge in [-0.05, 0) is 29.3 Å². The lowest BCUT2D eigenvalue weighted by molar-refractivity contribution is 0.955. The van der Waals surface area contributed by atoms with Crippen LogP contribution in [0.15, 0.2) is 146 Å². The summed E-state index contributed by atoms with van der Waals surface area (Å²) in [5.74, 6) is 1.89. The molecule has 4 nitrogen and oxygen atoms in total. The highest BCUT2D eigenvalue weighted by Gasteiger charge is 2.24. The first-order chi connectivity index (χ1) is 21.8. The Bertz CT molecular complexity index is 2420. The standard InChI is InChI=1S/C39H24N4S/c1-4-14-25(15-5-1)30-24-33-35(29-21-11-13-23-32(29)44-33)36-34(30)28-20-10-12-22-31(28)43(36)39-41-37(26-16-6-2-7-17-26)40-38(42-39)27-18-8-3-9-19-27/h1-24H. The van der Waals surface area contributed by atoms with E-state index in [0.29, 0.717) is 17.6 Å². The molecule has 0 radical (unpaired) electrons. The van der Waals surface area contributed by atoms with Gasteiger partial charge in [0, 0.05) is 42.1 Å². The van der Waals surface area contributed by atoms with E-state index in [-0.39, 0.29) is 0 Å². The van der Waals surface area contributed by atoms with Crippen LogP contribution in [0.4, 0.5) is 0 Å². The normalized spacial score (nSPS) is 11.6. The molecule has 3 heterocycles. The average Bonchev–Trinajstić information content (AvgIpc) is 3.65. The van der Waals surface area contributed by atoms with Crippen molar-refractivity contribution >= 4 is 53.3 Å². The van der Waals surface area contributed by atoms with E-state index in [0.717, 1.165) is 22.2 Å². The van der Waals surface area contributed by atoms with Crippen LogP contribution in [0.2, 0.25) is 0 Å². The Morgan fingerprint density at radius 2 is 1.00 bits per heavy atom. The van der Waals surface area contributed by atoms with E-state index >= 15 is 0 Å². The van der Waals surface area contributed by atoms with Gasteiger partial charge in [0.2, 0.25) is 5.95 Å². The van der Waals surface area contributed by atoms with Gasteiger partial charge in [0.15, 0.2) is 11.6 Å². The van der Waals surface area contributed by atoms with Crippen LogP contribution in [0.25, 0.3) is 81.8 Å². The third-order valence-corrected chi connectivity index (χ3v) is 9.37. The highest BCUT2D eigenvalue weighted by Crippen LogP contribution is 2.47. The summed E-state index contributed by atoms with van der Waals surface area (Å²) in [6.45, 7) is 0. The molecule has 0 spiro atoms. The Morgan fingerprint density at radius 1 is 0.455 bits per heavy atom. The van der Waals surface area contributed by atoms with E-state index in [2.05, 4.69) is 114 Å². The molecule has 0 bridgehead atoms. The van der Waals surface area contributed by atoms with E-state index < -0.39 is 0 Å². The number of benzene rings is 6. The summed E-state index contributed by atoms with van der Waals surface area (Å²) in [4.78, 5) is 15.4. The van der Waals surface area contributed by atoms with Crippen LogP contribution < -0.4 is 0 Å². The smallest absolute Gasteiger partial charge is 0.238 e. The largest absolute Gasteiger partial charge is 0.277 e. The average molecular weight is 581 g/mol. The van der Waals surface area contributed by atoms with Gasteiger partial charge >= 0.3 is 0 Å². The summed E-state index contributed by atoms with van der Waals surface area (Å²) in [5, 5.41) is 4.83. The Kier molecular flexibility index (Phi) is 5.64. The fourth-order valence-corrected chi connectivity index (χ4v) is 7.46. The molecule has 0 aliphatic carbocycles. The first-order valence-corrected chi connectivity index (χ1v) is 15.5. The van der Waals surface area contributed by atoms with Gasteiger partial charge in [0.25, 0.3) is 0 Å². The lowest BCUT2D eigenvalue weighted by Gasteiger charge is -2.12. The SMILES string of the molecule is c1ccc(-c2nc(-c3ccccc3)nc(-n3c4ccccc4c4c(-c5ccccc5)cc5sc6ccccc6c5c43)n2)cc1. The van der Waals surface area contributed by atoms with Crippen LogP contribution in [0.1, 0.15) is 0 Å². The first kappa shape index (κ1) is 24.9. The fraction of sp³-hybridized carbons (Fsp3) is 0. The quantitative estimate of drug-likeness (QED) is 0.208.